The summed E-state index contributed by atoms with van der Waals surface area (Å²) in [6, 6.07) is 8.66. The van der Waals surface area contributed by atoms with Crippen LogP contribution in [0.4, 0.5) is 0 Å². The molecule has 22 heavy (non-hydrogen) atoms. The fraction of sp³-hybridized carbons (Fsp3) is 0.562. The average molecular weight is 482 g/mol. The van der Waals surface area contributed by atoms with Crippen LogP contribution in [0.15, 0.2) is 33.7 Å². The monoisotopic (exact) mass is 481 g/mol. The molecule has 2 N–H and O–H groups in total. The van der Waals surface area contributed by atoms with Crippen molar-refractivity contribution >= 4 is 45.9 Å². The third kappa shape index (κ3) is 5.09. The van der Waals surface area contributed by atoms with Gasteiger partial charge in [0.15, 0.2) is 5.96 Å². The molecule has 1 aliphatic carbocycles. The van der Waals surface area contributed by atoms with Crippen LogP contribution in [0.5, 0.6) is 0 Å². The molecule has 0 saturated heterocycles. The van der Waals surface area contributed by atoms with Crippen molar-refractivity contribution in [2.24, 2.45) is 4.99 Å². The summed E-state index contributed by atoms with van der Waals surface area (Å²) in [6.45, 7) is 2.35. The van der Waals surface area contributed by atoms with Crippen molar-refractivity contribution in [2.75, 3.05) is 33.9 Å². The number of ether oxygens (including phenoxy) is 1. The first-order valence-corrected chi connectivity index (χ1v) is 8.19. The molecule has 0 aliphatic heterocycles. The highest BCUT2D eigenvalue weighted by Gasteiger charge is 2.38. The Balaban J connectivity index is 0.00000242. The number of hydrogen-bond acceptors (Lipinski definition) is 2. The van der Waals surface area contributed by atoms with Crippen LogP contribution >= 0.6 is 39.9 Å². The van der Waals surface area contributed by atoms with Crippen molar-refractivity contribution < 1.29 is 4.74 Å². The molecule has 6 heteroatoms. The molecule has 0 aromatic heterocycles. The van der Waals surface area contributed by atoms with E-state index in [2.05, 4.69) is 55.8 Å². The number of methoxy groups -OCH3 is 1. The Hall–Kier alpha value is -0.340. The number of rotatable bonds is 6. The van der Waals surface area contributed by atoms with Crippen LogP contribution in [0.1, 0.15) is 24.8 Å². The van der Waals surface area contributed by atoms with Gasteiger partial charge in [0.05, 0.1) is 6.61 Å². The first kappa shape index (κ1) is 19.7. The van der Waals surface area contributed by atoms with E-state index in [-0.39, 0.29) is 29.4 Å². The topological polar surface area (TPSA) is 45.7 Å². The largest absolute Gasteiger partial charge is 0.383 e. The number of aliphatic imine (C=N–C) groups is 1. The van der Waals surface area contributed by atoms with E-state index in [1.54, 1.807) is 14.2 Å². The van der Waals surface area contributed by atoms with Crippen LogP contribution in [-0.4, -0.2) is 39.8 Å². The molecule has 0 spiro atoms. The number of nitrogens with one attached hydrogen (secondary N) is 2. The molecule has 1 aliphatic rings. The predicted octanol–water partition coefficient (Wildman–Crippen LogP) is 3.30. The van der Waals surface area contributed by atoms with Gasteiger partial charge in [-0.2, -0.15) is 0 Å². The fourth-order valence-electron chi connectivity index (χ4n) is 2.73. The van der Waals surface area contributed by atoms with Crippen LogP contribution in [0.25, 0.3) is 0 Å². The van der Waals surface area contributed by atoms with E-state index in [9.17, 15) is 0 Å². The molecule has 0 bridgehead atoms. The van der Waals surface area contributed by atoms with Gasteiger partial charge in [0, 0.05) is 37.1 Å². The van der Waals surface area contributed by atoms with Crippen LogP contribution in [-0.2, 0) is 10.2 Å². The van der Waals surface area contributed by atoms with Gasteiger partial charge < -0.3 is 15.4 Å². The molecule has 0 heterocycles. The van der Waals surface area contributed by atoms with E-state index in [4.69, 9.17) is 4.74 Å². The third-order valence-corrected chi connectivity index (χ3v) is 4.66. The quantitative estimate of drug-likeness (QED) is 0.283. The van der Waals surface area contributed by atoms with Gasteiger partial charge in [-0.05, 0) is 30.5 Å². The zero-order valence-electron chi connectivity index (χ0n) is 13.2. The Morgan fingerprint density at radius 3 is 2.68 bits per heavy atom. The molecule has 1 saturated carbocycles. The molecule has 0 atom stereocenters. The molecule has 1 fully saturated rings. The molecule has 0 unspecified atom stereocenters. The van der Waals surface area contributed by atoms with E-state index >= 15 is 0 Å². The summed E-state index contributed by atoms with van der Waals surface area (Å²) in [5, 5.41) is 6.72. The minimum Gasteiger partial charge on any atom is -0.383 e. The van der Waals surface area contributed by atoms with E-state index in [0.717, 1.165) is 23.5 Å². The minimum atomic E-state index is 0. The molecular formula is C16H25BrIN3O. The number of benzene rings is 1. The molecule has 0 amide bonds. The summed E-state index contributed by atoms with van der Waals surface area (Å²) in [5.41, 5.74) is 1.64. The van der Waals surface area contributed by atoms with Crippen molar-refractivity contribution in [1.82, 2.24) is 10.6 Å². The Bertz CT molecular complexity index is 492. The molecular weight excluding hydrogens is 457 g/mol. The summed E-state index contributed by atoms with van der Waals surface area (Å²) >= 11 is 3.57. The van der Waals surface area contributed by atoms with E-state index in [1.807, 2.05) is 0 Å². The first-order valence-electron chi connectivity index (χ1n) is 7.40. The second kappa shape index (κ2) is 9.72. The Labute approximate surface area is 158 Å². The minimum absolute atomic E-state index is 0. The van der Waals surface area contributed by atoms with Gasteiger partial charge in [-0.25, -0.2) is 0 Å². The summed E-state index contributed by atoms with van der Waals surface area (Å²) in [6.07, 6.45) is 3.75. The van der Waals surface area contributed by atoms with Gasteiger partial charge in [-0.15, -0.1) is 24.0 Å². The second-order valence-electron chi connectivity index (χ2n) is 5.49. The average Bonchev–Trinajstić information content (AvgIpc) is 2.44. The maximum Gasteiger partial charge on any atom is 0.191 e. The lowest BCUT2D eigenvalue weighted by molar-refractivity contribution is 0.203. The van der Waals surface area contributed by atoms with E-state index in [1.165, 1.54) is 24.8 Å². The highest BCUT2D eigenvalue weighted by Crippen LogP contribution is 2.43. The maximum absolute atomic E-state index is 5.05. The summed E-state index contributed by atoms with van der Waals surface area (Å²) in [4.78, 5) is 4.26. The van der Waals surface area contributed by atoms with Gasteiger partial charge in [0.25, 0.3) is 0 Å². The van der Waals surface area contributed by atoms with Gasteiger partial charge in [0.2, 0.25) is 0 Å². The number of hydrogen-bond donors (Lipinski definition) is 2. The van der Waals surface area contributed by atoms with Crippen LogP contribution in [0.3, 0.4) is 0 Å². The number of halogens is 2. The van der Waals surface area contributed by atoms with Crippen LogP contribution < -0.4 is 10.6 Å². The van der Waals surface area contributed by atoms with Crippen molar-refractivity contribution in [2.45, 2.75) is 24.7 Å². The van der Waals surface area contributed by atoms with Crippen LogP contribution in [0.2, 0.25) is 0 Å². The first-order chi connectivity index (χ1) is 10.2. The van der Waals surface area contributed by atoms with Crippen LogP contribution in [0, 0.1) is 0 Å². The zero-order valence-corrected chi connectivity index (χ0v) is 17.1. The second-order valence-corrected chi connectivity index (χ2v) is 6.41. The predicted molar refractivity (Wildman–Crippen MR) is 106 cm³/mol. The molecule has 1 aromatic carbocycles. The number of guanidine groups is 1. The third-order valence-electron chi connectivity index (χ3n) is 4.16. The lowest BCUT2D eigenvalue weighted by Gasteiger charge is -2.43. The van der Waals surface area contributed by atoms with Crippen molar-refractivity contribution in [3.05, 3.63) is 34.3 Å². The molecule has 124 valence electrons. The molecule has 0 radical (unpaired) electrons. The molecule has 1 aromatic rings. The lowest BCUT2D eigenvalue weighted by atomic mass is 9.64. The summed E-state index contributed by atoms with van der Waals surface area (Å²) < 4.78 is 6.19. The lowest BCUT2D eigenvalue weighted by Crippen LogP contribution is -2.49. The van der Waals surface area contributed by atoms with Gasteiger partial charge in [-0.1, -0.05) is 34.5 Å². The fourth-order valence-corrected chi connectivity index (χ4v) is 3.13. The van der Waals surface area contributed by atoms with Crippen molar-refractivity contribution in [3.8, 4) is 0 Å². The summed E-state index contributed by atoms with van der Waals surface area (Å²) in [7, 11) is 3.50. The molecule has 2 rings (SSSR count). The number of nitrogens with zero attached hydrogens (tertiary/aromatic N) is 1. The van der Waals surface area contributed by atoms with E-state index in [0.29, 0.717) is 6.61 Å². The van der Waals surface area contributed by atoms with Crippen molar-refractivity contribution in [1.29, 1.82) is 0 Å². The SMILES string of the molecule is CN=C(NCCOC)NCC1(c2cccc(Br)c2)CCC1.I. The van der Waals surface area contributed by atoms with Crippen molar-refractivity contribution in [3.63, 3.8) is 0 Å². The summed E-state index contributed by atoms with van der Waals surface area (Å²) in [5.74, 6) is 0.841. The Morgan fingerprint density at radius 2 is 2.14 bits per heavy atom. The Kier molecular flexibility index (Phi) is 8.71. The van der Waals surface area contributed by atoms with E-state index < -0.39 is 0 Å². The van der Waals surface area contributed by atoms with Gasteiger partial charge >= 0.3 is 0 Å². The highest BCUT2D eigenvalue weighted by molar-refractivity contribution is 14.0. The molecule has 4 nitrogen and oxygen atoms in total. The normalized spacial score (nSPS) is 16.4. The van der Waals surface area contributed by atoms with Gasteiger partial charge in [-0.3, -0.25) is 4.99 Å². The van der Waals surface area contributed by atoms with Gasteiger partial charge in [0.1, 0.15) is 0 Å². The standard InChI is InChI=1S/C16H24BrN3O.HI/c1-18-15(19-9-10-21-2)20-12-16(7-4-8-16)13-5-3-6-14(17)11-13;/h3,5-6,11H,4,7-10,12H2,1-2H3,(H2,18,19,20);1H. The maximum atomic E-state index is 5.05. The Morgan fingerprint density at radius 1 is 1.36 bits per heavy atom. The zero-order chi connectivity index (χ0) is 15.1. The highest BCUT2D eigenvalue weighted by atomic mass is 127. The smallest absolute Gasteiger partial charge is 0.191 e.